The largest absolute Gasteiger partial charge is 0.472 e. The van der Waals surface area contributed by atoms with Gasteiger partial charge in [0.15, 0.2) is 6.10 Å². The van der Waals surface area contributed by atoms with Gasteiger partial charge in [-0.2, -0.15) is 0 Å². The van der Waals surface area contributed by atoms with Crippen LogP contribution in [0.3, 0.4) is 0 Å². The lowest BCUT2D eigenvalue weighted by Crippen LogP contribution is -2.29. The summed E-state index contributed by atoms with van der Waals surface area (Å²) in [6.07, 6.45) is 107. The quantitative estimate of drug-likeness (QED) is 0.0264. The minimum Gasteiger partial charge on any atom is -0.462 e. The number of hydrogen-bond donors (Lipinski definition) is 2. The van der Waals surface area contributed by atoms with Gasteiger partial charge in [-0.05, 0) is 148 Å². The number of allylic oxidation sites excluding steroid dienone is 34. The Labute approximate surface area is 531 Å². The second kappa shape index (κ2) is 69.7. The molecule has 0 aliphatic heterocycles. The second-order valence-corrected chi connectivity index (χ2v) is 22.7. The van der Waals surface area contributed by atoms with E-state index >= 15 is 0 Å². The molecular weight excluding hydrogens is 1100 g/mol. The molecule has 2 unspecified atom stereocenters. The highest BCUT2D eigenvalue weighted by molar-refractivity contribution is 7.47. The summed E-state index contributed by atoms with van der Waals surface area (Å²) >= 11 is 0. The van der Waals surface area contributed by atoms with E-state index in [1.54, 1.807) is 0 Å². The van der Waals surface area contributed by atoms with Crippen molar-refractivity contribution in [2.45, 2.75) is 238 Å². The molecule has 0 aliphatic carbocycles. The van der Waals surface area contributed by atoms with Gasteiger partial charge in [-0.3, -0.25) is 18.6 Å². The van der Waals surface area contributed by atoms with Crippen LogP contribution in [0.5, 0.6) is 0 Å². The molecular formula is C77H120NO8P. The van der Waals surface area contributed by atoms with E-state index in [9.17, 15) is 19.0 Å². The number of phosphoric ester groups is 1. The summed E-state index contributed by atoms with van der Waals surface area (Å²) in [4.78, 5) is 35.3. The van der Waals surface area contributed by atoms with Crippen molar-refractivity contribution in [3.05, 3.63) is 207 Å². The molecule has 0 aromatic rings. The van der Waals surface area contributed by atoms with E-state index in [4.69, 9.17) is 24.3 Å². The van der Waals surface area contributed by atoms with E-state index in [-0.39, 0.29) is 32.6 Å². The molecule has 0 aliphatic rings. The van der Waals surface area contributed by atoms with Crippen LogP contribution in [0.1, 0.15) is 232 Å². The van der Waals surface area contributed by atoms with E-state index in [0.29, 0.717) is 12.8 Å². The number of carbonyl (C=O) groups is 2. The maximum absolute atomic E-state index is 12.8. The molecule has 0 heterocycles. The highest BCUT2D eigenvalue weighted by Gasteiger charge is 2.26. The summed E-state index contributed by atoms with van der Waals surface area (Å²) in [6.45, 7) is 3.45. The van der Waals surface area contributed by atoms with Gasteiger partial charge in [0, 0.05) is 19.4 Å². The van der Waals surface area contributed by atoms with Crippen molar-refractivity contribution in [2.75, 3.05) is 26.4 Å². The van der Waals surface area contributed by atoms with E-state index in [1.165, 1.54) is 32.1 Å². The van der Waals surface area contributed by atoms with Crippen LogP contribution in [0.15, 0.2) is 207 Å². The van der Waals surface area contributed by atoms with Crippen molar-refractivity contribution in [3.63, 3.8) is 0 Å². The third-order valence-electron chi connectivity index (χ3n) is 13.2. The first-order valence-corrected chi connectivity index (χ1v) is 35.1. The minimum absolute atomic E-state index is 0.0369. The van der Waals surface area contributed by atoms with E-state index in [1.807, 2.05) is 0 Å². The molecule has 0 aromatic heterocycles. The summed E-state index contributed by atoms with van der Waals surface area (Å²) in [7, 11) is -4.42. The number of unbranched alkanes of at least 4 members (excludes halogenated alkanes) is 13. The van der Waals surface area contributed by atoms with Crippen molar-refractivity contribution in [3.8, 4) is 0 Å². The normalized spacial score (nSPS) is 14.3. The summed E-state index contributed by atoms with van der Waals surface area (Å²) in [5.74, 6) is -0.880. The molecule has 0 saturated heterocycles. The van der Waals surface area contributed by atoms with Gasteiger partial charge < -0.3 is 20.1 Å². The number of phosphoric acid groups is 1. The number of carbonyl (C=O) groups excluding carboxylic acids is 2. The van der Waals surface area contributed by atoms with Crippen molar-refractivity contribution in [1.82, 2.24) is 0 Å². The van der Waals surface area contributed by atoms with Gasteiger partial charge in [0.25, 0.3) is 0 Å². The van der Waals surface area contributed by atoms with Gasteiger partial charge in [-0.1, -0.05) is 278 Å². The number of esters is 2. The zero-order chi connectivity index (χ0) is 63.0. The molecule has 0 radical (unpaired) electrons. The monoisotopic (exact) mass is 1220 g/mol. The Balaban J connectivity index is 4.07. The molecule has 10 heteroatoms. The predicted molar refractivity (Wildman–Crippen MR) is 375 cm³/mol. The SMILES string of the molecule is CC/C=C\C/C=C\C/C=C\C/C=C\C/C=C\C/C=C\C/C=C\C/C=C\C/C=C\CCCCCCCCCCCC(=O)OC(COC(=O)CCCCCC/C=C\C/C=C\C/C=C\C/C=C\C/C=C\C/C=C\C/C=C\C/C=C\CC)COP(=O)(O)OCCN. The third-order valence-corrected chi connectivity index (χ3v) is 14.1. The van der Waals surface area contributed by atoms with Gasteiger partial charge >= 0.3 is 19.8 Å². The Morgan fingerprint density at radius 3 is 0.885 bits per heavy atom. The maximum atomic E-state index is 12.8. The molecule has 2 atom stereocenters. The summed E-state index contributed by atoms with van der Waals surface area (Å²) in [6, 6.07) is 0. The van der Waals surface area contributed by atoms with Crippen LogP contribution in [0.2, 0.25) is 0 Å². The highest BCUT2D eigenvalue weighted by atomic mass is 31.2. The van der Waals surface area contributed by atoms with Gasteiger partial charge in [0.1, 0.15) is 6.61 Å². The van der Waals surface area contributed by atoms with Crippen LogP contribution < -0.4 is 5.73 Å². The number of ether oxygens (including phenoxy) is 2. The number of rotatable bonds is 60. The summed E-state index contributed by atoms with van der Waals surface area (Å²) in [5.41, 5.74) is 5.39. The average Bonchev–Trinajstić information content (AvgIpc) is 3.65. The van der Waals surface area contributed by atoms with Crippen molar-refractivity contribution in [2.24, 2.45) is 5.73 Å². The third kappa shape index (κ3) is 69.6. The fraction of sp³-hybridized carbons (Fsp3) is 0.532. The van der Waals surface area contributed by atoms with E-state index in [2.05, 4.69) is 220 Å². The predicted octanol–water partition coefficient (Wildman–Crippen LogP) is 22.3. The Morgan fingerprint density at radius 1 is 0.345 bits per heavy atom. The molecule has 0 rings (SSSR count). The van der Waals surface area contributed by atoms with Crippen LogP contribution in [-0.2, 0) is 32.7 Å². The number of nitrogens with two attached hydrogens (primary N) is 1. The van der Waals surface area contributed by atoms with Crippen molar-refractivity contribution < 1.29 is 37.6 Å². The fourth-order valence-electron chi connectivity index (χ4n) is 8.29. The van der Waals surface area contributed by atoms with Crippen molar-refractivity contribution in [1.29, 1.82) is 0 Å². The zero-order valence-corrected chi connectivity index (χ0v) is 55.3. The first kappa shape index (κ1) is 81.6. The molecule has 0 aromatic carbocycles. The molecule has 486 valence electrons. The molecule has 0 bridgehead atoms. The zero-order valence-electron chi connectivity index (χ0n) is 54.4. The average molecular weight is 1220 g/mol. The van der Waals surface area contributed by atoms with Crippen LogP contribution in [0.4, 0.5) is 0 Å². The molecule has 0 amide bonds. The summed E-state index contributed by atoms with van der Waals surface area (Å²) in [5, 5.41) is 0. The Bertz CT molecular complexity index is 2180. The Hall–Kier alpha value is -5.41. The van der Waals surface area contributed by atoms with Crippen LogP contribution in [0.25, 0.3) is 0 Å². The molecule has 9 nitrogen and oxygen atoms in total. The molecule has 0 saturated carbocycles. The van der Waals surface area contributed by atoms with Gasteiger partial charge in [-0.15, -0.1) is 0 Å². The molecule has 0 spiro atoms. The van der Waals surface area contributed by atoms with Gasteiger partial charge in [0.2, 0.25) is 0 Å². The highest BCUT2D eigenvalue weighted by Crippen LogP contribution is 2.43. The molecule has 87 heavy (non-hydrogen) atoms. The van der Waals surface area contributed by atoms with Gasteiger partial charge in [-0.25, -0.2) is 4.57 Å². The van der Waals surface area contributed by atoms with Gasteiger partial charge in [0.05, 0.1) is 13.2 Å². The lowest BCUT2D eigenvalue weighted by Gasteiger charge is -2.19. The first-order valence-electron chi connectivity index (χ1n) is 33.6. The molecule has 0 fully saturated rings. The second-order valence-electron chi connectivity index (χ2n) is 21.2. The Morgan fingerprint density at radius 2 is 0.598 bits per heavy atom. The maximum Gasteiger partial charge on any atom is 0.472 e. The molecule has 3 N–H and O–H groups in total. The topological polar surface area (TPSA) is 134 Å². The summed E-state index contributed by atoms with van der Waals surface area (Å²) < 4.78 is 33.1. The Kier molecular flexibility index (Phi) is 65.4. The minimum atomic E-state index is -4.42. The first-order chi connectivity index (χ1) is 42.8. The van der Waals surface area contributed by atoms with Crippen LogP contribution in [-0.4, -0.2) is 49.3 Å². The van der Waals surface area contributed by atoms with Crippen molar-refractivity contribution >= 4 is 19.8 Å². The van der Waals surface area contributed by atoms with Crippen LogP contribution in [0, 0.1) is 0 Å². The lowest BCUT2D eigenvalue weighted by molar-refractivity contribution is -0.161. The van der Waals surface area contributed by atoms with E-state index < -0.39 is 32.5 Å². The van der Waals surface area contributed by atoms with E-state index in [0.717, 1.165) is 161 Å². The standard InChI is InChI=1S/C77H120NO8P/c1-3-5-7-9-11-13-15-17-19-21-23-25-27-29-31-33-34-35-36-37-38-39-40-42-44-46-48-50-52-54-56-58-60-62-64-66-68-70-77(80)86-75(74-85-87(81,82)84-72-71-78)73-83-76(79)69-67-65-63-61-59-57-55-53-51-49-47-45-43-41-32-30-28-26-24-22-20-18-16-14-12-10-8-6-4-2/h5-8,11-14,17-20,23-26,29-32,34-35,37-38,40,42-43,45-46,48-49,51,55,57,75H,3-4,9-10,15-16,21-22,27-28,33,36,39,41,44,47,50,52-54,56,58-74,78H2,1-2H3,(H,81,82)/b7-5-,8-6-,13-11-,14-12-,19-17-,20-18-,25-23-,26-24-,31-29-,32-30-,35-34-,38-37-,42-40-,45-43-,48-46-,51-49-,57-55-. The fourth-order valence-corrected chi connectivity index (χ4v) is 9.06. The van der Waals surface area contributed by atoms with Crippen LogP contribution >= 0.6 is 7.82 Å². The lowest BCUT2D eigenvalue weighted by atomic mass is 10.1. The number of hydrogen-bond acceptors (Lipinski definition) is 8. The smallest absolute Gasteiger partial charge is 0.462 e.